The van der Waals surface area contributed by atoms with Gasteiger partial charge < -0.3 is 14.5 Å². The Morgan fingerprint density at radius 2 is 2.16 bits per heavy atom. The van der Waals surface area contributed by atoms with E-state index in [9.17, 15) is 4.79 Å². The molecule has 1 amide bonds. The SMILES string of the molecule is CC(C)(C)OC(=O)N1CCCC2CN(c3ccc4cnsc4c3)CC21. The molecular weight excluding hydrogens is 334 g/mol. The molecule has 6 heteroatoms. The Kier molecular flexibility index (Phi) is 4.10. The minimum atomic E-state index is -0.445. The molecule has 134 valence electrons. The van der Waals surface area contributed by atoms with Crippen LogP contribution in [0.3, 0.4) is 0 Å². The van der Waals surface area contributed by atoms with Gasteiger partial charge in [0.1, 0.15) is 5.60 Å². The number of fused-ring (bicyclic) bond motifs is 2. The number of amides is 1. The Hall–Kier alpha value is -1.82. The molecule has 2 aliphatic heterocycles. The number of carbonyl (C=O) groups is 1. The molecule has 5 nitrogen and oxygen atoms in total. The molecule has 0 saturated carbocycles. The summed E-state index contributed by atoms with van der Waals surface area (Å²) in [5.74, 6) is 0.526. The number of ether oxygens (including phenoxy) is 1. The normalized spacial score (nSPS) is 23.8. The largest absolute Gasteiger partial charge is 0.444 e. The first-order valence-corrected chi connectivity index (χ1v) is 9.77. The first-order valence-electron chi connectivity index (χ1n) is 9.00. The molecule has 1 aromatic carbocycles. The first kappa shape index (κ1) is 16.6. The van der Waals surface area contributed by atoms with Crippen LogP contribution < -0.4 is 4.90 Å². The van der Waals surface area contributed by atoms with Gasteiger partial charge in [-0.15, -0.1) is 0 Å². The number of hydrogen-bond acceptors (Lipinski definition) is 5. The van der Waals surface area contributed by atoms with E-state index in [0.717, 1.165) is 26.1 Å². The highest BCUT2D eigenvalue weighted by molar-refractivity contribution is 7.13. The molecule has 2 atom stereocenters. The highest BCUT2D eigenvalue weighted by atomic mass is 32.1. The third-order valence-corrected chi connectivity index (χ3v) is 5.87. The van der Waals surface area contributed by atoms with Crippen molar-refractivity contribution in [2.45, 2.75) is 45.3 Å². The average molecular weight is 359 g/mol. The summed E-state index contributed by atoms with van der Waals surface area (Å²) in [5.41, 5.74) is 0.787. The van der Waals surface area contributed by atoms with Gasteiger partial charge in [-0.05, 0) is 69.3 Å². The molecule has 0 spiro atoms. The number of anilines is 1. The van der Waals surface area contributed by atoms with Crippen molar-refractivity contribution in [1.82, 2.24) is 9.27 Å². The highest BCUT2D eigenvalue weighted by Crippen LogP contribution is 2.35. The van der Waals surface area contributed by atoms with Crippen molar-refractivity contribution in [3.05, 3.63) is 24.4 Å². The smallest absolute Gasteiger partial charge is 0.410 e. The second-order valence-electron chi connectivity index (χ2n) is 8.10. The van der Waals surface area contributed by atoms with Crippen molar-refractivity contribution in [2.75, 3.05) is 24.5 Å². The zero-order valence-electron chi connectivity index (χ0n) is 15.1. The monoisotopic (exact) mass is 359 g/mol. The summed E-state index contributed by atoms with van der Waals surface area (Å²) >= 11 is 1.54. The maximum absolute atomic E-state index is 12.6. The number of hydrogen-bond donors (Lipinski definition) is 0. The maximum Gasteiger partial charge on any atom is 0.410 e. The molecule has 2 saturated heterocycles. The van der Waals surface area contributed by atoms with Crippen molar-refractivity contribution in [2.24, 2.45) is 5.92 Å². The van der Waals surface area contributed by atoms with E-state index in [0.29, 0.717) is 5.92 Å². The molecule has 1 aromatic heterocycles. The van der Waals surface area contributed by atoms with Crippen LogP contribution in [0.25, 0.3) is 10.1 Å². The molecular formula is C19H25N3O2S. The Morgan fingerprint density at radius 3 is 2.96 bits per heavy atom. The lowest BCUT2D eigenvalue weighted by Crippen LogP contribution is -2.50. The van der Waals surface area contributed by atoms with Crippen LogP contribution >= 0.6 is 11.5 Å². The fraction of sp³-hybridized carbons (Fsp3) is 0.579. The van der Waals surface area contributed by atoms with Gasteiger partial charge in [-0.25, -0.2) is 4.79 Å². The number of aromatic nitrogens is 1. The standard InChI is InChI=1S/C19H25N3O2S/c1-19(2,3)24-18(23)22-8-4-5-14-11-21(12-16(14)22)15-7-6-13-10-20-25-17(13)9-15/h6-7,9-10,14,16H,4-5,8,11-12H2,1-3H3. The van der Waals surface area contributed by atoms with Crippen LogP contribution in [-0.2, 0) is 4.74 Å². The van der Waals surface area contributed by atoms with Crippen LogP contribution in [0, 0.1) is 5.92 Å². The second kappa shape index (κ2) is 6.16. The molecule has 3 heterocycles. The van der Waals surface area contributed by atoms with Gasteiger partial charge in [-0.1, -0.05) is 0 Å². The maximum atomic E-state index is 12.6. The number of likely N-dealkylation sites (tertiary alicyclic amines) is 1. The van der Waals surface area contributed by atoms with Crippen molar-refractivity contribution in [3.63, 3.8) is 0 Å². The van der Waals surface area contributed by atoms with Gasteiger partial charge in [0.15, 0.2) is 0 Å². The van der Waals surface area contributed by atoms with Gasteiger partial charge in [0.05, 0.1) is 10.7 Å². The quantitative estimate of drug-likeness (QED) is 0.768. The van der Waals surface area contributed by atoms with Crippen molar-refractivity contribution < 1.29 is 9.53 Å². The van der Waals surface area contributed by atoms with Crippen LogP contribution in [0.4, 0.5) is 10.5 Å². The average Bonchev–Trinajstić information content (AvgIpc) is 3.18. The number of carbonyl (C=O) groups excluding carboxylic acids is 1. The number of nitrogens with zero attached hydrogens (tertiary/aromatic N) is 3. The molecule has 4 rings (SSSR count). The van der Waals surface area contributed by atoms with Gasteiger partial charge in [-0.3, -0.25) is 0 Å². The number of rotatable bonds is 1. The van der Waals surface area contributed by atoms with Crippen LogP contribution in [0.5, 0.6) is 0 Å². The minimum absolute atomic E-state index is 0.165. The summed E-state index contributed by atoms with van der Waals surface area (Å²) < 4.78 is 11.1. The third-order valence-electron chi connectivity index (χ3n) is 5.11. The van der Waals surface area contributed by atoms with Gasteiger partial charge in [-0.2, -0.15) is 4.37 Å². The fourth-order valence-corrected chi connectivity index (χ4v) is 4.66. The Bertz CT molecular complexity index is 782. The van der Waals surface area contributed by atoms with E-state index in [1.807, 2.05) is 31.9 Å². The van der Waals surface area contributed by atoms with Crippen molar-refractivity contribution in [3.8, 4) is 0 Å². The van der Waals surface area contributed by atoms with Crippen molar-refractivity contribution >= 4 is 33.4 Å². The van der Waals surface area contributed by atoms with Crippen LogP contribution in [-0.4, -0.2) is 46.6 Å². The number of piperidine rings is 1. The number of benzene rings is 1. The third kappa shape index (κ3) is 3.32. The van der Waals surface area contributed by atoms with Gasteiger partial charge in [0.2, 0.25) is 0 Å². The molecule has 2 unspecified atom stereocenters. The van der Waals surface area contributed by atoms with E-state index in [4.69, 9.17) is 4.74 Å². The summed E-state index contributed by atoms with van der Waals surface area (Å²) in [6, 6.07) is 6.79. The van der Waals surface area contributed by atoms with Crippen LogP contribution in [0.2, 0.25) is 0 Å². The van der Waals surface area contributed by atoms with E-state index in [-0.39, 0.29) is 12.1 Å². The predicted octanol–water partition coefficient (Wildman–Crippen LogP) is 4.13. The second-order valence-corrected chi connectivity index (χ2v) is 8.93. The summed E-state index contributed by atoms with van der Waals surface area (Å²) in [6.07, 6.45) is 3.99. The van der Waals surface area contributed by atoms with Gasteiger partial charge >= 0.3 is 6.09 Å². The lowest BCUT2D eigenvalue weighted by atomic mass is 9.92. The van der Waals surface area contributed by atoms with Crippen molar-refractivity contribution in [1.29, 1.82) is 0 Å². The first-order chi connectivity index (χ1) is 11.9. The van der Waals surface area contributed by atoms with E-state index >= 15 is 0 Å². The molecule has 2 aliphatic rings. The fourth-order valence-electron chi connectivity index (χ4n) is 3.98. The predicted molar refractivity (Wildman–Crippen MR) is 101 cm³/mol. The Morgan fingerprint density at radius 1 is 1.32 bits per heavy atom. The summed E-state index contributed by atoms with van der Waals surface area (Å²) in [5, 5.41) is 1.20. The molecule has 25 heavy (non-hydrogen) atoms. The van der Waals surface area contributed by atoms with Crippen LogP contribution in [0.1, 0.15) is 33.6 Å². The zero-order chi connectivity index (χ0) is 17.6. The molecule has 2 fully saturated rings. The molecule has 0 N–H and O–H groups in total. The van der Waals surface area contributed by atoms with Crippen LogP contribution in [0.15, 0.2) is 24.4 Å². The van der Waals surface area contributed by atoms with E-state index in [1.165, 1.54) is 33.7 Å². The summed E-state index contributed by atoms with van der Waals surface area (Å²) in [6.45, 7) is 8.48. The molecule has 0 radical (unpaired) electrons. The summed E-state index contributed by atoms with van der Waals surface area (Å²) in [7, 11) is 0. The minimum Gasteiger partial charge on any atom is -0.444 e. The van der Waals surface area contributed by atoms with Gasteiger partial charge in [0, 0.05) is 36.9 Å². The van der Waals surface area contributed by atoms with E-state index in [1.54, 1.807) is 0 Å². The molecule has 0 aliphatic carbocycles. The molecule has 2 aromatic rings. The van der Waals surface area contributed by atoms with E-state index in [2.05, 4.69) is 27.5 Å². The zero-order valence-corrected chi connectivity index (χ0v) is 15.9. The molecule has 0 bridgehead atoms. The lowest BCUT2D eigenvalue weighted by Gasteiger charge is -2.37. The summed E-state index contributed by atoms with van der Waals surface area (Å²) in [4.78, 5) is 17.0. The van der Waals surface area contributed by atoms with E-state index < -0.39 is 5.60 Å². The lowest BCUT2D eigenvalue weighted by molar-refractivity contribution is 0.00670. The Labute approximate surface area is 152 Å². The van der Waals surface area contributed by atoms with Gasteiger partial charge in [0.25, 0.3) is 0 Å². The highest BCUT2D eigenvalue weighted by Gasteiger charge is 2.42. The Balaban J connectivity index is 1.53. The topological polar surface area (TPSA) is 45.7 Å².